The van der Waals surface area contributed by atoms with Crippen molar-refractivity contribution in [1.29, 1.82) is 0 Å². The van der Waals surface area contributed by atoms with Crippen LogP contribution in [0.2, 0.25) is 0 Å². The van der Waals surface area contributed by atoms with E-state index in [0.717, 1.165) is 32.6 Å². The molecule has 2 aliphatic heterocycles. The average molecular weight is 313 g/mol. The van der Waals surface area contributed by atoms with Crippen LogP contribution in [0.4, 0.5) is 5.69 Å². The minimum atomic E-state index is 0.441. The van der Waals surface area contributed by atoms with Gasteiger partial charge in [0.05, 0.1) is 6.04 Å². The monoisotopic (exact) mass is 312 g/mol. The molecule has 0 bridgehead atoms. The summed E-state index contributed by atoms with van der Waals surface area (Å²) < 4.78 is 0. The molecule has 2 heterocycles. The van der Waals surface area contributed by atoms with Crippen LogP contribution in [0.25, 0.3) is 0 Å². The molecule has 0 aliphatic carbocycles. The fourth-order valence-corrected chi connectivity index (χ4v) is 4.12. The van der Waals surface area contributed by atoms with Crippen LogP contribution in [0.5, 0.6) is 0 Å². The van der Waals surface area contributed by atoms with Gasteiger partial charge in [0.2, 0.25) is 0 Å². The fourth-order valence-electron chi connectivity index (χ4n) is 3.88. The highest BCUT2D eigenvalue weighted by Gasteiger charge is 2.32. The van der Waals surface area contributed by atoms with Crippen molar-refractivity contribution in [2.24, 2.45) is 0 Å². The Balaban J connectivity index is 1.80. The molecule has 2 aromatic carbocycles. The van der Waals surface area contributed by atoms with Crippen molar-refractivity contribution < 1.29 is 0 Å². The van der Waals surface area contributed by atoms with Crippen molar-refractivity contribution in [2.75, 3.05) is 37.0 Å². The molecule has 22 heavy (non-hydrogen) atoms. The molecular formula is C19H21ClN2. The molecule has 0 saturated carbocycles. The second-order valence-electron chi connectivity index (χ2n) is 6.20. The molecule has 1 fully saturated rings. The molecule has 2 aromatic rings. The number of benzene rings is 2. The zero-order valence-electron chi connectivity index (χ0n) is 12.7. The van der Waals surface area contributed by atoms with Gasteiger partial charge in [0.15, 0.2) is 0 Å². The molecule has 0 unspecified atom stereocenters. The topological polar surface area (TPSA) is 6.48 Å². The number of rotatable bonds is 2. The van der Waals surface area contributed by atoms with Crippen LogP contribution in [0.1, 0.15) is 22.7 Å². The Kier molecular flexibility index (Phi) is 3.81. The maximum atomic E-state index is 5.97. The fraction of sp³-hybridized carbons (Fsp3) is 0.368. The van der Waals surface area contributed by atoms with Gasteiger partial charge in [0.25, 0.3) is 0 Å². The van der Waals surface area contributed by atoms with Gasteiger partial charge in [-0.2, -0.15) is 0 Å². The predicted molar refractivity (Wildman–Crippen MR) is 92.9 cm³/mol. The summed E-state index contributed by atoms with van der Waals surface area (Å²) >= 11 is 5.97. The Labute approximate surface area is 137 Å². The molecule has 0 amide bonds. The van der Waals surface area contributed by atoms with Crippen LogP contribution in [0, 0.1) is 0 Å². The molecule has 0 spiro atoms. The molecule has 1 atom stereocenters. The third kappa shape index (κ3) is 2.41. The lowest BCUT2D eigenvalue weighted by Gasteiger charge is -2.43. The minimum Gasteiger partial charge on any atom is -0.362 e. The Morgan fingerprint density at radius 3 is 2.59 bits per heavy atom. The normalized spacial score (nSPS) is 20.8. The number of alkyl halides is 1. The van der Waals surface area contributed by atoms with Crippen molar-refractivity contribution in [2.45, 2.75) is 12.5 Å². The third-order valence-corrected chi connectivity index (χ3v) is 5.13. The highest BCUT2D eigenvalue weighted by molar-refractivity contribution is 6.18. The van der Waals surface area contributed by atoms with Crippen LogP contribution in [0.3, 0.4) is 0 Å². The van der Waals surface area contributed by atoms with Crippen LogP contribution in [-0.2, 0) is 6.42 Å². The van der Waals surface area contributed by atoms with Gasteiger partial charge < -0.3 is 4.90 Å². The van der Waals surface area contributed by atoms with Crippen molar-refractivity contribution >= 4 is 17.3 Å². The number of nitrogens with zero attached hydrogens (tertiary/aromatic N) is 2. The zero-order valence-corrected chi connectivity index (χ0v) is 13.5. The second-order valence-corrected chi connectivity index (χ2v) is 6.58. The number of hydrogen-bond donors (Lipinski definition) is 0. The Morgan fingerprint density at radius 1 is 0.955 bits per heavy atom. The van der Waals surface area contributed by atoms with E-state index in [9.17, 15) is 0 Å². The van der Waals surface area contributed by atoms with Crippen LogP contribution in [0.15, 0.2) is 48.5 Å². The Bertz CT molecular complexity index is 670. The van der Waals surface area contributed by atoms with E-state index in [2.05, 4.69) is 58.3 Å². The minimum absolute atomic E-state index is 0.441. The average Bonchev–Trinajstić information content (AvgIpc) is 2.69. The molecule has 0 N–H and O–H groups in total. The smallest absolute Gasteiger partial charge is 0.0672 e. The quantitative estimate of drug-likeness (QED) is 0.780. The predicted octanol–water partition coefficient (Wildman–Crippen LogP) is 3.69. The van der Waals surface area contributed by atoms with Gasteiger partial charge in [-0.05, 0) is 29.2 Å². The number of halogens is 1. The van der Waals surface area contributed by atoms with E-state index in [0.29, 0.717) is 11.9 Å². The molecule has 3 heteroatoms. The van der Waals surface area contributed by atoms with Crippen molar-refractivity contribution in [1.82, 2.24) is 4.90 Å². The van der Waals surface area contributed by atoms with E-state index < -0.39 is 0 Å². The van der Waals surface area contributed by atoms with E-state index in [1.54, 1.807) is 0 Å². The maximum absolute atomic E-state index is 5.97. The van der Waals surface area contributed by atoms with Gasteiger partial charge in [-0.15, -0.1) is 11.6 Å². The van der Waals surface area contributed by atoms with Crippen LogP contribution >= 0.6 is 11.6 Å². The van der Waals surface area contributed by atoms with Crippen molar-refractivity contribution in [3.05, 3.63) is 65.2 Å². The van der Waals surface area contributed by atoms with Crippen LogP contribution in [-0.4, -0.2) is 37.0 Å². The second kappa shape index (κ2) is 5.94. The third-order valence-electron chi connectivity index (χ3n) is 4.96. The first kappa shape index (κ1) is 14.1. The van der Waals surface area contributed by atoms with Gasteiger partial charge in [-0.1, -0.05) is 42.5 Å². The Morgan fingerprint density at radius 2 is 1.73 bits per heavy atom. The summed E-state index contributed by atoms with van der Waals surface area (Å²) in [7, 11) is 0. The summed E-state index contributed by atoms with van der Waals surface area (Å²) in [4.78, 5) is 5.10. The lowest BCUT2D eigenvalue weighted by molar-refractivity contribution is 0.235. The first-order valence-corrected chi connectivity index (χ1v) is 8.61. The van der Waals surface area contributed by atoms with Gasteiger partial charge in [-0.3, -0.25) is 4.90 Å². The van der Waals surface area contributed by atoms with E-state index >= 15 is 0 Å². The number of hydrogen-bond acceptors (Lipinski definition) is 2. The van der Waals surface area contributed by atoms with Crippen molar-refractivity contribution in [3.63, 3.8) is 0 Å². The van der Waals surface area contributed by atoms with Gasteiger partial charge in [-0.25, -0.2) is 0 Å². The molecule has 114 valence electrons. The molecule has 2 aliphatic rings. The largest absolute Gasteiger partial charge is 0.362 e. The summed E-state index contributed by atoms with van der Waals surface area (Å²) in [6.45, 7) is 4.22. The lowest BCUT2D eigenvalue weighted by atomic mass is 9.96. The molecule has 0 radical (unpaired) electrons. The summed E-state index contributed by atoms with van der Waals surface area (Å²) in [5.41, 5.74) is 5.81. The Hall–Kier alpha value is -1.51. The highest BCUT2D eigenvalue weighted by Crippen LogP contribution is 2.38. The van der Waals surface area contributed by atoms with Gasteiger partial charge in [0.1, 0.15) is 0 Å². The maximum Gasteiger partial charge on any atom is 0.0672 e. The molecular weight excluding hydrogens is 292 g/mol. The number of para-hydroxylation sites is 1. The summed E-state index contributed by atoms with van der Waals surface area (Å²) in [6.07, 6.45) is 1.04. The number of anilines is 1. The number of fused-ring (bicyclic) bond motifs is 5. The van der Waals surface area contributed by atoms with Crippen molar-refractivity contribution in [3.8, 4) is 0 Å². The molecule has 1 saturated heterocycles. The van der Waals surface area contributed by atoms with E-state index in [1.165, 1.54) is 22.4 Å². The number of piperazine rings is 1. The first-order valence-electron chi connectivity index (χ1n) is 8.07. The SMILES string of the molecule is ClCCN1CCN2c3ccccc3Cc3ccccc3[C@@H]2C1. The van der Waals surface area contributed by atoms with Crippen LogP contribution < -0.4 is 4.90 Å². The summed E-state index contributed by atoms with van der Waals surface area (Å²) in [6, 6.07) is 18.3. The highest BCUT2D eigenvalue weighted by atomic mass is 35.5. The van der Waals surface area contributed by atoms with E-state index in [4.69, 9.17) is 11.6 Å². The van der Waals surface area contributed by atoms with Gasteiger partial charge >= 0.3 is 0 Å². The summed E-state index contributed by atoms with van der Waals surface area (Å²) in [5, 5.41) is 0. The van der Waals surface area contributed by atoms with Gasteiger partial charge in [0, 0.05) is 37.7 Å². The molecule has 2 nitrogen and oxygen atoms in total. The lowest BCUT2D eigenvalue weighted by Crippen LogP contribution is -2.49. The molecule has 4 rings (SSSR count). The summed E-state index contributed by atoms with van der Waals surface area (Å²) in [5.74, 6) is 0.713. The zero-order chi connectivity index (χ0) is 14.9. The van der Waals surface area contributed by atoms with E-state index in [1.807, 2.05) is 0 Å². The standard InChI is InChI=1S/C19H21ClN2/c20-9-10-21-11-12-22-18-8-4-2-6-16(18)13-15-5-1-3-7-17(15)19(22)14-21/h1-8,19H,9-14H2/t19-/m0/s1. The first-order chi connectivity index (χ1) is 10.9. The molecule has 0 aromatic heterocycles. The van der Waals surface area contributed by atoms with E-state index in [-0.39, 0.29) is 0 Å².